The summed E-state index contributed by atoms with van der Waals surface area (Å²) in [4.78, 5) is 16.0. The van der Waals surface area contributed by atoms with Gasteiger partial charge in [0.2, 0.25) is 0 Å². The zero-order valence-corrected chi connectivity index (χ0v) is 9.10. The van der Waals surface area contributed by atoms with E-state index >= 15 is 0 Å². The highest BCUT2D eigenvalue weighted by Gasteiger charge is 2.17. The summed E-state index contributed by atoms with van der Waals surface area (Å²) < 4.78 is 13.6. The lowest BCUT2D eigenvalue weighted by molar-refractivity contribution is 0.0800. The molecule has 0 aliphatic carbocycles. The van der Waals surface area contributed by atoms with Crippen molar-refractivity contribution in [3.05, 3.63) is 34.0 Å². The summed E-state index contributed by atoms with van der Waals surface area (Å²) in [6, 6.07) is 2.80. The van der Waals surface area contributed by atoms with Crippen LogP contribution >= 0.6 is 0 Å². The molecule has 0 spiro atoms. The number of imidazole rings is 1. The smallest absolute Gasteiger partial charge is 0.323 e. The molecule has 86 valence electrons. The number of aliphatic hydroxyl groups is 1. The SMILES string of the molecule is CC(C)(O)Cc1cc2[nH]c(=O)[nH]c2cc1F. The molecule has 1 aromatic heterocycles. The van der Waals surface area contributed by atoms with Crippen molar-refractivity contribution in [1.29, 1.82) is 0 Å². The number of benzene rings is 1. The largest absolute Gasteiger partial charge is 0.390 e. The predicted molar refractivity (Wildman–Crippen MR) is 58.9 cm³/mol. The van der Waals surface area contributed by atoms with E-state index in [2.05, 4.69) is 9.97 Å². The van der Waals surface area contributed by atoms with Crippen LogP contribution in [0.3, 0.4) is 0 Å². The maximum Gasteiger partial charge on any atom is 0.323 e. The Morgan fingerprint density at radius 2 is 1.88 bits per heavy atom. The lowest BCUT2D eigenvalue weighted by Gasteiger charge is -2.17. The Morgan fingerprint density at radius 1 is 1.31 bits per heavy atom. The van der Waals surface area contributed by atoms with Gasteiger partial charge in [0.15, 0.2) is 0 Å². The van der Waals surface area contributed by atoms with Crippen LogP contribution in [0.5, 0.6) is 0 Å². The number of nitrogens with one attached hydrogen (secondary N) is 2. The van der Waals surface area contributed by atoms with Crippen LogP contribution in [0.1, 0.15) is 19.4 Å². The number of aromatic amines is 2. The first kappa shape index (κ1) is 10.9. The molecule has 0 bridgehead atoms. The van der Waals surface area contributed by atoms with Gasteiger partial charge in [0.1, 0.15) is 5.82 Å². The summed E-state index contributed by atoms with van der Waals surface area (Å²) in [5.74, 6) is -0.426. The van der Waals surface area contributed by atoms with Gasteiger partial charge in [-0.05, 0) is 31.5 Å². The first-order valence-corrected chi connectivity index (χ1v) is 4.98. The van der Waals surface area contributed by atoms with Crippen LogP contribution < -0.4 is 5.69 Å². The monoisotopic (exact) mass is 224 g/mol. The second-order valence-electron chi connectivity index (χ2n) is 4.56. The number of aromatic nitrogens is 2. The summed E-state index contributed by atoms with van der Waals surface area (Å²) >= 11 is 0. The van der Waals surface area contributed by atoms with Crippen molar-refractivity contribution in [1.82, 2.24) is 9.97 Å². The van der Waals surface area contributed by atoms with Gasteiger partial charge in [0.25, 0.3) is 0 Å². The molecule has 2 rings (SSSR count). The Balaban J connectivity index is 2.53. The highest BCUT2D eigenvalue weighted by atomic mass is 19.1. The molecule has 0 saturated carbocycles. The third-order valence-electron chi connectivity index (χ3n) is 2.31. The first-order chi connectivity index (χ1) is 7.35. The van der Waals surface area contributed by atoms with Crippen LogP contribution in [0, 0.1) is 5.82 Å². The first-order valence-electron chi connectivity index (χ1n) is 4.98. The highest BCUT2D eigenvalue weighted by molar-refractivity contribution is 5.75. The van der Waals surface area contributed by atoms with Gasteiger partial charge < -0.3 is 15.1 Å². The summed E-state index contributed by atoms with van der Waals surface area (Å²) in [5, 5.41) is 9.63. The summed E-state index contributed by atoms with van der Waals surface area (Å²) in [5.41, 5.74) is 0.0168. The Hall–Kier alpha value is -1.62. The number of hydrogen-bond acceptors (Lipinski definition) is 2. The average Bonchev–Trinajstić information content (AvgIpc) is 2.42. The summed E-state index contributed by atoms with van der Waals surface area (Å²) in [7, 11) is 0. The molecule has 5 heteroatoms. The molecule has 0 atom stereocenters. The average molecular weight is 224 g/mol. The maximum absolute atomic E-state index is 13.6. The van der Waals surface area contributed by atoms with Crippen LogP contribution in [0.4, 0.5) is 4.39 Å². The van der Waals surface area contributed by atoms with Crippen molar-refractivity contribution in [3.8, 4) is 0 Å². The summed E-state index contributed by atoms with van der Waals surface area (Å²) in [6.45, 7) is 3.22. The van der Waals surface area contributed by atoms with Crippen LogP contribution in [-0.2, 0) is 6.42 Å². The minimum atomic E-state index is -0.981. The molecular formula is C11H13FN2O2. The zero-order chi connectivity index (χ0) is 11.9. The summed E-state index contributed by atoms with van der Waals surface area (Å²) in [6.07, 6.45) is 0.196. The molecule has 0 aliphatic heterocycles. The number of hydrogen-bond donors (Lipinski definition) is 3. The van der Waals surface area contributed by atoms with E-state index in [1.54, 1.807) is 19.9 Å². The van der Waals surface area contributed by atoms with Gasteiger partial charge in [-0.25, -0.2) is 9.18 Å². The molecule has 0 amide bonds. The van der Waals surface area contributed by atoms with Crippen molar-refractivity contribution in [2.45, 2.75) is 25.9 Å². The Labute approximate surface area is 91.1 Å². The van der Waals surface area contributed by atoms with Gasteiger partial charge in [-0.15, -0.1) is 0 Å². The number of H-pyrrole nitrogens is 2. The second kappa shape index (κ2) is 3.45. The molecule has 1 heterocycles. The fraction of sp³-hybridized carbons (Fsp3) is 0.364. The Kier molecular flexibility index (Phi) is 2.35. The highest BCUT2D eigenvalue weighted by Crippen LogP contribution is 2.19. The Bertz CT molecular complexity index is 578. The Morgan fingerprint density at radius 3 is 2.44 bits per heavy atom. The van der Waals surface area contributed by atoms with E-state index in [1.807, 2.05) is 0 Å². The van der Waals surface area contributed by atoms with Crippen LogP contribution in [0.15, 0.2) is 16.9 Å². The molecule has 0 saturated heterocycles. The van der Waals surface area contributed by atoms with Crippen LogP contribution in [0.2, 0.25) is 0 Å². The van der Waals surface area contributed by atoms with Gasteiger partial charge in [0, 0.05) is 6.42 Å². The molecule has 0 aliphatic rings. The topological polar surface area (TPSA) is 68.9 Å². The van der Waals surface area contributed by atoms with Crippen molar-refractivity contribution in [3.63, 3.8) is 0 Å². The number of fused-ring (bicyclic) bond motifs is 1. The van der Waals surface area contributed by atoms with Gasteiger partial charge in [-0.1, -0.05) is 0 Å². The standard InChI is InChI=1S/C11H13FN2O2/c1-11(2,16)5-6-3-8-9(4-7(6)12)14-10(15)13-8/h3-4,16H,5H2,1-2H3,(H2,13,14,15). The zero-order valence-electron chi connectivity index (χ0n) is 9.10. The minimum Gasteiger partial charge on any atom is -0.390 e. The molecule has 0 fully saturated rings. The van der Waals surface area contributed by atoms with E-state index in [0.29, 0.717) is 16.6 Å². The molecule has 16 heavy (non-hydrogen) atoms. The van der Waals surface area contributed by atoms with Gasteiger partial charge in [-0.2, -0.15) is 0 Å². The van der Waals surface area contributed by atoms with E-state index in [4.69, 9.17) is 0 Å². The van der Waals surface area contributed by atoms with Gasteiger partial charge in [-0.3, -0.25) is 0 Å². The predicted octanol–water partition coefficient (Wildman–Crippen LogP) is 1.31. The van der Waals surface area contributed by atoms with Crippen molar-refractivity contribution in [2.24, 2.45) is 0 Å². The van der Waals surface area contributed by atoms with E-state index in [9.17, 15) is 14.3 Å². The lowest BCUT2D eigenvalue weighted by Crippen LogP contribution is -2.22. The minimum absolute atomic E-state index is 0.196. The van der Waals surface area contributed by atoms with E-state index in [0.717, 1.165) is 0 Å². The fourth-order valence-corrected chi connectivity index (χ4v) is 1.70. The molecule has 3 N–H and O–H groups in total. The normalized spacial score (nSPS) is 12.2. The van der Waals surface area contributed by atoms with Crippen molar-refractivity contribution >= 4 is 11.0 Å². The van der Waals surface area contributed by atoms with Crippen LogP contribution in [-0.4, -0.2) is 20.7 Å². The molecule has 4 nitrogen and oxygen atoms in total. The quantitative estimate of drug-likeness (QED) is 0.719. The van der Waals surface area contributed by atoms with Crippen molar-refractivity contribution in [2.75, 3.05) is 0 Å². The van der Waals surface area contributed by atoms with Crippen molar-refractivity contribution < 1.29 is 9.50 Å². The van der Waals surface area contributed by atoms with E-state index < -0.39 is 11.4 Å². The molecule has 0 unspecified atom stereocenters. The fourth-order valence-electron chi connectivity index (χ4n) is 1.70. The third kappa shape index (κ3) is 2.14. The van der Waals surface area contributed by atoms with Crippen LogP contribution in [0.25, 0.3) is 11.0 Å². The van der Waals surface area contributed by atoms with Gasteiger partial charge in [0.05, 0.1) is 16.6 Å². The number of rotatable bonds is 2. The van der Waals surface area contributed by atoms with E-state index in [1.165, 1.54) is 6.07 Å². The number of halogens is 1. The third-order valence-corrected chi connectivity index (χ3v) is 2.31. The molecular weight excluding hydrogens is 211 g/mol. The maximum atomic E-state index is 13.6. The van der Waals surface area contributed by atoms with Gasteiger partial charge >= 0.3 is 5.69 Å². The molecule has 1 aromatic carbocycles. The molecule has 2 aromatic rings. The molecule has 0 radical (unpaired) electrons. The lowest BCUT2D eigenvalue weighted by atomic mass is 9.98. The van der Waals surface area contributed by atoms with E-state index in [-0.39, 0.29) is 12.1 Å². The second-order valence-corrected chi connectivity index (χ2v) is 4.56.